The van der Waals surface area contributed by atoms with Gasteiger partial charge in [0.25, 0.3) is 0 Å². The highest BCUT2D eigenvalue weighted by molar-refractivity contribution is 5.77. The van der Waals surface area contributed by atoms with E-state index in [0.29, 0.717) is 6.54 Å². The van der Waals surface area contributed by atoms with E-state index in [9.17, 15) is 9.59 Å². The third-order valence-electron chi connectivity index (χ3n) is 1.90. The van der Waals surface area contributed by atoms with E-state index in [4.69, 9.17) is 10.8 Å². The minimum absolute atomic E-state index is 0.107. The molecule has 0 aromatic rings. The number of carbonyl (C=O) groups excluding carboxylic acids is 1. The summed E-state index contributed by atoms with van der Waals surface area (Å²) in [5, 5.41) is 11.6. The molecule has 14 heavy (non-hydrogen) atoms. The van der Waals surface area contributed by atoms with Gasteiger partial charge in [0, 0.05) is 6.42 Å². The Kier molecular flexibility index (Phi) is 6.74. The Morgan fingerprint density at radius 1 is 1.50 bits per heavy atom. The van der Waals surface area contributed by atoms with Crippen LogP contribution in [0.1, 0.15) is 32.6 Å². The van der Waals surface area contributed by atoms with Crippen molar-refractivity contribution in [3.8, 4) is 0 Å². The van der Waals surface area contributed by atoms with Crippen LogP contribution in [-0.2, 0) is 9.59 Å². The molecule has 0 aliphatic carbocycles. The first-order chi connectivity index (χ1) is 6.57. The zero-order valence-corrected chi connectivity index (χ0v) is 8.45. The van der Waals surface area contributed by atoms with Crippen molar-refractivity contribution in [3.63, 3.8) is 0 Å². The van der Waals surface area contributed by atoms with E-state index in [-0.39, 0.29) is 12.8 Å². The first kappa shape index (κ1) is 12.9. The summed E-state index contributed by atoms with van der Waals surface area (Å²) in [6, 6.07) is -0.658. The molecule has 0 aromatic carbocycles. The molecule has 0 fully saturated rings. The zero-order valence-electron chi connectivity index (χ0n) is 8.45. The summed E-state index contributed by atoms with van der Waals surface area (Å²) in [7, 11) is 0. The molecular formula is C9H18N2O3. The van der Waals surface area contributed by atoms with Gasteiger partial charge in [-0.3, -0.25) is 9.59 Å². The van der Waals surface area contributed by atoms with Gasteiger partial charge in [-0.15, -0.1) is 0 Å². The molecule has 0 spiro atoms. The van der Waals surface area contributed by atoms with Crippen molar-refractivity contribution in [2.45, 2.75) is 38.6 Å². The monoisotopic (exact) mass is 202 g/mol. The van der Waals surface area contributed by atoms with E-state index in [0.717, 1.165) is 12.8 Å². The van der Waals surface area contributed by atoms with Crippen molar-refractivity contribution >= 4 is 11.9 Å². The van der Waals surface area contributed by atoms with Crippen molar-refractivity contribution in [1.29, 1.82) is 0 Å². The van der Waals surface area contributed by atoms with Crippen LogP contribution in [0.2, 0.25) is 0 Å². The summed E-state index contributed by atoms with van der Waals surface area (Å²) >= 11 is 0. The van der Waals surface area contributed by atoms with Gasteiger partial charge in [-0.1, -0.05) is 13.3 Å². The second kappa shape index (κ2) is 7.32. The number of unbranched alkanes of at least 4 members (excludes halogenated alkanes) is 1. The third kappa shape index (κ3) is 6.42. The Labute approximate surface area is 83.7 Å². The van der Waals surface area contributed by atoms with Gasteiger partial charge < -0.3 is 16.2 Å². The maximum absolute atomic E-state index is 10.7. The van der Waals surface area contributed by atoms with Gasteiger partial charge in [0.1, 0.15) is 6.04 Å². The molecule has 0 saturated carbocycles. The molecule has 0 heterocycles. The normalized spacial score (nSPS) is 12.4. The van der Waals surface area contributed by atoms with Crippen LogP contribution in [0.25, 0.3) is 0 Å². The summed E-state index contributed by atoms with van der Waals surface area (Å²) in [5.41, 5.74) is 4.94. The Morgan fingerprint density at radius 2 is 2.14 bits per heavy atom. The number of carboxylic acids is 1. The second-order valence-corrected chi connectivity index (χ2v) is 3.20. The molecule has 1 atom stereocenters. The van der Waals surface area contributed by atoms with Crippen LogP contribution in [0.3, 0.4) is 0 Å². The fraction of sp³-hybridized carbons (Fsp3) is 0.778. The Balaban J connectivity index is 3.78. The molecule has 82 valence electrons. The minimum atomic E-state index is -0.928. The third-order valence-corrected chi connectivity index (χ3v) is 1.90. The highest BCUT2D eigenvalue weighted by atomic mass is 16.4. The number of carbonyl (C=O) groups is 2. The predicted octanol–water partition coefficient (Wildman–Crippen LogP) is 0.0948. The lowest BCUT2D eigenvalue weighted by molar-refractivity contribution is -0.139. The SMILES string of the molecule is CCCCNC(CCC(N)=O)C(=O)O. The summed E-state index contributed by atoms with van der Waals surface area (Å²) in [4.78, 5) is 21.1. The van der Waals surface area contributed by atoms with Crippen LogP contribution in [0.4, 0.5) is 0 Å². The van der Waals surface area contributed by atoms with E-state index >= 15 is 0 Å². The summed E-state index contributed by atoms with van der Waals surface area (Å²) in [5.74, 6) is -1.39. The number of nitrogens with one attached hydrogen (secondary N) is 1. The molecular weight excluding hydrogens is 184 g/mol. The number of hydrogen-bond donors (Lipinski definition) is 3. The molecule has 0 bridgehead atoms. The van der Waals surface area contributed by atoms with Gasteiger partial charge in [0.15, 0.2) is 0 Å². The molecule has 0 radical (unpaired) electrons. The van der Waals surface area contributed by atoms with E-state index in [1.165, 1.54) is 0 Å². The molecule has 1 amide bonds. The van der Waals surface area contributed by atoms with Crippen LogP contribution >= 0.6 is 0 Å². The lowest BCUT2D eigenvalue weighted by Crippen LogP contribution is -2.38. The summed E-state index contributed by atoms with van der Waals surface area (Å²) < 4.78 is 0. The molecule has 0 aliphatic heterocycles. The van der Waals surface area contributed by atoms with Gasteiger partial charge in [0.05, 0.1) is 0 Å². The van der Waals surface area contributed by atoms with Crippen molar-refractivity contribution in [2.24, 2.45) is 5.73 Å². The maximum atomic E-state index is 10.7. The molecule has 0 aliphatic rings. The lowest BCUT2D eigenvalue weighted by atomic mass is 10.1. The molecule has 0 rings (SSSR count). The molecule has 4 N–H and O–H groups in total. The van der Waals surface area contributed by atoms with E-state index in [2.05, 4.69) is 5.32 Å². The fourth-order valence-corrected chi connectivity index (χ4v) is 1.05. The van der Waals surface area contributed by atoms with Crippen molar-refractivity contribution in [3.05, 3.63) is 0 Å². The number of hydrogen-bond acceptors (Lipinski definition) is 3. The van der Waals surface area contributed by atoms with E-state index in [1.807, 2.05) is 6.92 Å². The average molecular weight is 202 g/mol. The number of carboxylic acid groups (broad SMARTS) is 1. The van der Waals surface area contributed by atoms with Gasteiger partial charge in [-0.25, -0.2) is 0 Å². The van der Waals surface area contributed by atoms with Crippen molar-refractivity contribution < 1.29 is 14.7 Å². The zero-order chi connectivity index (χ0) is 11.0. The first-order valence-corrected chi connectivity index (χ1v) is 4.82. The Bertz CT molecular complexity index is 194. The van der Waals surface area contributed by atoms with Crippen LogP contribution < -0.4 is 11.1 Å². The summed E-state index contributed by atoms with van der Waals surface area (Å²) in [6.07, 6.45) is 2.31. The van der Waals surface area contributed by atoms with Gasteiger partial charge >= 0.3 is 5.97 Å². The standard InChI is InChI=1S/C9H18N2O3/c1-2-3-6-11-7(9(13)14)4-5-8(10)12/h7,11H,2-6H2,1H3,(H2,10,12)(H,13,14). The van der Waals surface area contributed by atoms with Crippen LogP contribution in [-0.4, -0.2) is 29.6 Å². The van der Waals surface area contributed by atoms with Gasteiger partial charge in [0.2, 0.25) is 5.91 Å². The van der Waals surface area contributed by atoms with Crippen LogP contribution in [0, 0.1) is 0 Å². The predicted molar refractivity (Wildman–Crippen MR) is 52.8 cm³/mol. The number of nitrogens with two attached hydrogens (primary N) is 1. The molecule has 5 nitrogen and oxygen atoms in total. The highest BCUT2D eigenvalue weighted by Gasteiger charge is 2.16. The van der Waals surface area contributed by atoms with E-state index < -0.39 is 17.9 Å². The van der Waals surface area contributed by atoms with Gasteiger partial charge in [-0.2, -0.15) is 0 Å². The fourth-order valence-electron chi connectivity index (χ4n) is 1.05. The largest absolute Gasteiger partial charge is 0.480 e. The first-order valence-electron chi connectivity index (χ1n) is 4.82. The van der Waals surface area contributed by atoms with Crippen LogP contribution in [0.15, 0.2) is 0 Å². The number of rotatable bonds is 8. The van der Waals surface area contributed by atoms with E-state index in [1.54, 1.807) is 0 Å². The number of aliphatic carboxylic acids is 1. The highest BCUT2D eigenvalue weighted by Crippen LogP contribution is 1.97. The topological polar surface area (TPSA) is 92.4 Å². The lowest BCUT2D eigenvalue weighted by Gasteiger charge is -2.12. The average Bonchev–Trinajstić information content (AvgIpc) is 2.10. The smallest absolute Gasteiger partial charge is 0.320 e. The van der Waals surface area contributed by atoms with Crippen LogP contribution in [0.5, 0.6) is 0 Å². The maximum Gasteiger partial charge on any atom is 0.320 e. The quantitative estimate of drug-likeness (QED) is 0.486. The van der Waals surface area contributed by atoms with Gasteiger partial charge in [-0.05, 0) is 19.4 Å². The minimum Gasteiger partial charge on any atom is -0.480 e. The number of primary amides is 1. The second-order valence-electron chi connectivity index (χ2n) is 3.20. The molecule has 5 heteroatoms. The van der Waals surface area contributed by atoms with Crippen molar-refractivity contribution in [2.75, 3.05) is 6.54 Å². The van der Waals surface area contributed by atoms with Crippen molar-refractivity contribution in [1.82, 2.24) is 5.32 Å². The molecule has 1 unspecified atom stereocenters. The Hall–Kier alpha value is -1.10. The summed E-state index contributed by atoms with van der Waals surface area (Å²) in [6.45, 7) is 2.69. The Morgan fingerprint density at radius 3 is 2.57 bits per heavy atom. The molecule has 0 aromatic heterocycles. The molecule has 0 saturated heterocycles. The number of amides is 1.